The fourth-order valence-corrected chi connectivity index (χ4v) is 2.81. The average Bonchev–Trinajstić information content (AvgIpc) is 2.75. The summed E-state index contributed by atoms with van der Waals surface area (Å²) in [6.07, 6.45) is 1.17. The Bertz CT molecular complexity index is 1100. The standard InChI is InChI=1S/C22H17BrN4O3/c1-2-20(28)24-15-8-6-14(7-9-15)21(29)25-16-10-12-17(13-11-16)26-22(30)18-4-3-5-19(23)27-18/h2-13H,1H2,(H,24,28)(H,25,29)(H,26,30). The van der Waals surface area contributed by atoms with Crippen LogP contribution in [0.15, 0.2) is 84.0 Å². The maximum absolute atomic E-state index is 12.4. The summed E-state index contributed by atoms with van der Waals surface area (Å²) in [5, 5.41) is 8.14. The van der Waals surface area contributed by atoms with E-state index in [1.54, 1.807) is 66.7 Å². The Morgan fingerprint density at radius 1 is 0.767 bits per heavy atom. The minimum absolute atomic E-state index is 0.287. The normalized spacial score (nSPS) is 10.0. The highest BCUT2D eigenvalue weighted by molar-refractivity contribution is 9.10. The minimum atomic E-state index is -0.336. The van der Waals surface area contributed by atoms with Crippen molar-refractivity contribution >= 4 is 50.7 Å². The first-order chi connectivity index (χ1) is 14.4. The Kier molecular flexibility index (Phi) is 6.71. The largest absolute Gasteiger partial charge is 0.323 e. The SMILES string of the molecule is C=CC(=O)Nc1ccc(C(=O)Nc2ccc(NC(=O)c3cccc(Br)n3)cc2)cc1. The Hall–Kier alpha value is -3.78. The second-order valence-corrected chi connectivity index (χ2v) is 6.91. The van der Waals surface area contributed by atoms with Crippen molar-refractivity contribution in [1.82, 2.24) is 4.98 Å². The quantitative estimate of drug-likeness (QED) is 0.369. The van der Waals surface area contributed by atoms with E-state index in [-0.39, 0.29) is 23.4 Å². The fraction of sp³-hybridized carbons (Fsp3) is 0. The Labute approximate surface area is 181 Å². The summed E-state index contributed by atoms with van der Waals surface area (Å²) < 4.78 is 0.573. The molecule has 0 unspecified atom stereocenters. The maximum atomic E-state index is 12.4. The van der Waals surface area contributed by atoms with Crippen molar-refractivity contribution in [3.05, 3.63) is 95.2 Å². The number of hydrogen-bond acceptors (Lipinski definition) is 4. The van der Waals surface area contributed by atoms with Gasteiger partial charge < -0.3 is 16.0 Å². The molecule has 0 spiro atoms. The van der Waals surface area contributed by atoms with Crippen molar-refractivity contribution in [2.75, 3.05) is 16.0 Å². The highest BCUT2D eigenvalue weighted by atomic mass is 79.9. The molecule has 7 nitrogen and oxygen atoms in total. The molecule has 1 heterocycles. The van der Waals surface area contributed by atoms with Gasteiger partial charge in [0, 0.05) is 22.6 Å². The molecule has 3 rings (SSSR count). The molecule has 0 saturated heterocycles. The molecule has 0 fully saturated rings. The van der Waals surface area contributed by atoms with E-state index in [9.17, 15) is 14.4 Å². The average molecular weight is 465 g/mol. The van der Waals surface area contributed by atoms with Crippen LogP contribution >= 0.6 is 15.9 Å². The first-order valence-electron chi connectivity index (χ1n) is 8.83. The zero-order valence-electron chi connectivity index (χ0n) is 15.7. The molecular weight excluding hydrogens is 448 g/mol. The third-order valence-electron chi connectivity index (χ3n) is 3.95. The number of rotatable bonds is 6. The van der Waals surface area contributed by atoms with Crippen LogP contribution in [0.1, 0.15) is 20.8 Å². The highest BCUT2D eigenvalue weighted by Gasteiger charge is 2.09. The van der Waals surface area contributed by atoms with Gasteiger partial charge in [-0.05, 0) is 82.7 Å². The van der Waals surface area contributed by atoms with Gasteiger partial charge in [-0.1, -0.05) is 12.6 Å². The number of carbonyl (C=O) groups excluding carboxylic acids is 3. The van der Waals surface area contributed by atoms with Crippen LogP contribution < -0.4 is 16.0 Å². The van der Waals surface area contributed by atoms with Crippen LogP contribution in [0.3, 0.4) is 0 Å². The number of anilines is 3. The predicted octanol–water partition coefficient (Wildman–Crippen LogP) is 4.47. The summed E-state index contributed by atoms with van der Waals surface area (Å²) in [5.41, 5.74) is 2.43. The molecule has 0 saturated carbocycles. The van der Waals surface area contributed by atoms with E-state index in [0.717, 1.165) is 0 Å². The predicted molar refractivity (Wildman–Crippen MR) is 120 cm³/mol. The van der Waals surface area contributed by atoms with E-state index < -0.39 is 0 Å². The van der Waals surface area contributed by atoms with E-state index in [0.29, 0.717) is 27.2 Å². The second kappa shape index (κ2) is 9.62. The van der Waals surface area contributed by atoms with Crippen LogP contribution in [0.5, 0.6) is 0 Å². The molecule has 0 radical (unpaired) electrons. The van der Waals surface area contributed by atoms with Gasteiger partial charge in [0.1, 0.15) is 10.3 Å². The van der Waals surface area contributed by atoms with Gasteiger partial charge >= 0.3 is 0 Å². The number of aromatic nitrogens is 1. The van der Waals surface area contributed by atoms with Crippen molar-refractivity contribution in [3.8, 4) is 0 Å². The zero-order valence-corrected chi connectivity index (χ0v) is 17.3. The van der Waals surface area contributed by atoms with Gasteiger partial charge in [-0.2, -0.15) is 0 Å². The summed E-state index contributed by atoms with van der Waals surface area (Å²) in [5.74, 6) is -0.960. The van der Waals surface area contributed by atoms with Crippen molar-refractivity contribution in [2.24, 2.45) is 0 Å². The maximum Gasteiger partial charge on any atom is 0.274 e. The number of benzene rings is 2. The molecule has 0 atom stereocenters. The van der Waals surface area contributed by atoms with Gasteiger partial charge in [-0.25, -0.2) is 4.98 Å². The third-order valence-corrected chi connectivity index (χ3v) is 4.39. The van der Waals surface area contributed by atoms with Crippen LogP contribution in [0.2, 0.25) is 0 Å². The highest BCUT2D eigenvalue weighted by Crippen LogP contribution is 2.17. The van der Waals surface area contributed by atoms with E-state index in [2.05, 4.69) is 43.4 Å². The van der Waals surface area contributed by atoms with Gasteiger partial charge in [0.05, 0.1) is 0 Å². The Balaban J connectivity index is 1.59. The number of nitrogens with one attached hydrogen (secondary N) is 3. The lowest BCUT2D eigenvalue weighted by Crippen LogP contribution is -2.14. The van der Waals surface area contributed by atoms with Gasteiger partial charge in [-0.3, -0.25) is 14.4 Å². The number of hydrogen-bond donors (Lipinski definition) is 3. The van der Waals surface area contributed by atoms with Crippen molar-refractivity contribution < 1.29 is 14.4 Å². The molecule has 30 heavy (non-hydrogen) atoms. The smallest absolute Gasteiger partial charge is 0.274 e. The zero-order chi connectivity index (χ0) is 21.5. The monoisotopic (exact) mass is 464 g/mol. The first-order valence-corrected chi connectivity index (χ1v) is 9.63. The van der Waals surface area contributed by atoms with Crippen LogP contribution in [0.4, 0.5) is 17.1 Å². The van der Waals surface area contributed by atoms with Crippen LogP contribution in [0.25, 0.3) is 0 Å². The number of halogens is 1. The summed E-state index contributed by atoms with van der Waals surface area (Å²) in [7, 11) is 0. The van der Waals surface area contributed by atoms with Gasteiger partial charge in [0.2, 0.25) is 5.91 Å². The van der Waals surface area contributed by atoms with Crippen molar-refractivity contribution in [2.45, 2.75) is 0 Å². The van der Waals surface area contributed by atoms with Gasteiger partial charge in [0.15, 0.2) is 0 Å². The van der Waals surface area contributed by atoms with Crippen LogP contribution in [-0.2, 0) is 4.79 Å². The molecule has 0 aliphatic carbocycles. The van der Waals surface area contributed by atoms with Crippen molar-refractivity contribution in [3.63, 3.8) is 0 Å². The van der Waals surface area contributed by atoms with Crippen LogP contribution in [-0.4, -0.2) is 22.7 Å². The van der Waals surface area contributed by atoms with Crippen molar-refractivity contribution in [1.29, 1.82) is 0 Å². The van der Waals surface area contributed by atoms with Gasteiger partial charge in [0.25, 0.3) is 11.8 Å². The van der Waals surface area contributed by atoms with E-state index in [1.807, 2.05) is 0 Å². The lowest BCUT2D eigenvalue weighted by molar-refractivity contribution is -0.111. The summed E-state index contributed by atoms with van der Waals surface area (Å²) in [6, 6.07) is 18.3. The Morgan fingerprint density at radius 3 is 1.87 bits per heavy atom. The van der Waals surface area contributed by atoms with Crippen LogP contribution in [0, 0.1) is 0 Å². The Morgan fingerprint density at radius 2 is 1.30 bits per heavy atom. The lowest BCUT2D eigenvalue weighted by Gasteiger charge is -2.09. The first kappa shape index (κ1) is 20.9. The number of nitrogens with zero attached hydrogens (tertiary/aromatic N) is 1. The molecule has 2 aromatic carbocycles. The molecule has 150 valence electrons. The number of pyridine rings is 1. The molecular formula is C22H17BrN4O3. The van der Waals surface area contributed by atoms with E-state index in [4.69, 9.17) is 0 Å². The molecule has 1 aromatic heterocycles. The lowest BCUT2D eigenvalue weighted by atomic mass is 10.2. The molecule has 0 bridgehead atoms. The van der Waals surface area contributed by atoms with Gasteiger partial charge in [-0.15, -0.1) is 0 Å². The minimum Gasteiger partial charge on any atom is -0.323 e. The molecule has 3 N–H and O–H groups in total. The molecule has 0 aliphatic heterocycles. The molecule has 8 heteroatoms. The number of carbonyl (C=O) groups is 3. The molecule has 0 aliphatic rings. The summed E-state index contributed by atoms with van der Waals surface area (Å²) >= 11 is 3.23. The third kappa shape index (κ3) is 5.62. The van der Waals surface area contributed by atoms with E-state index >= 15 is 0 Å². The molecule has 3 aromatic rings. The second-order valence-electron chi connectivity index (χ2n) is 6.10. The topological polar surface area (TPSA) is 100 Å². The molecule has 3 amide bonds. The summed E-state index contributed by atoms with van der Waals surface area (Å²) in [4.78, 5) is 40.0. The summed E-state index contributed by atoms with van der Waals surface area (Å²) in [6.45, 7) is 3.39. The number of amides is 3. The van der Waals surface area contributed by atoms with E-state index in [1.165, 1.54) is 6.08 Å². The fourth-order valence-electron chi connectivity index (χ4n) is 2.47.